The first-order valence-corrected chi connectivity index (χ1v) is 7.00. The number of rotatable bonds is 4. The van der Waals surface area contributed by atoms with Crippen LogP contribution in [0.15, 0.2) is 18.2 Å². The quantitative estimate of drug-likeness (QED) is 0.881. The van der Waals surface area contributed by atoms with Gasteiger partial charge < -0.3 is 15.3 Å². The highest BCUT2D eigenvalue weighted by atomic mass is 35.5. The van der Waals surface area contributed by atoms with Crippen LogP contribution in [-0.4, -0.2) is 35.7 Å². The van der Waals surface area contributed by atoms with Crippen LogP contribution in [0.5, 0.6) is 5.75 Å². The molecule has 1 unspecified atom stereocenters. The predicted octanol–water partition coefficient (Wildman–Crippen LogP) is 2.62. The summed E-state index contributed by atoms with van der Waals surface area (Å²) in [5, 5.41) is 13.9. The van der Waals surface area contributed by atoms with Gasteiger partial charge in [0.15, 0.2) is 0 Å². The van der Waals surface area contributed by atoms with E-state index in [4.69, 9.17) is 11.6 Å². The van der Waals surface area contributed by atoms with Gasteiger partial charge in [0, 0.05) is 29.7 Å². The molecule has 18 heavy (non-hydrogen) atoms. The number of likely N-dealkylation sites (N-methyl/N-ethyl adjacent to an activating group) is 1. The number of halogens is 1. The molecule has 0 amide bonds. The summed E-state index contributed by atoms with van der Waals surface area (Å²) >= 11 is 5.94. The van der Waals surface area contributed by atoms with Crippen LogP contribution in [0.2, 0.25) is 5.02 Å². The molecule has 0 aromatic heterocycles. The standard InChI is InChI=1S/C14H21ClN2O/c1-2-17-7-3-4-13(10-17)16-9-11-8-12(15)5-6-14(11)18/h5-6,8,13,16,18H,2-4,7,9-10H2,1H3. The first kappa shape index (κ1) is 13.7. The van der Waals surface area contributed by atoms with Crippen LogP contribution >= 0.6 is 11.6 Å². The van der Waals surface area contributed by atoms with Crippen molar-refractivity contribution >= 4 is 11.6 Å². The molecular weight excluding hydrogens is 248 g/mol. The van der Waals surface area contributed by atoms with E-state index in [1.807, 2.05) is 6.07 Å². The molecule has 1 atom stereocenters. The highest BCUT2D eigenvalue weighted by molar-refractivity contribution is 6.30. The van der Waals surface area contributed by atoms with Gasteiger partial charge in [-0.15, -0.1) is 0 Å². The number of hydrogen-bond acceptors (Lipinski definition) is 3. The van der Waals surface area contributed by atoms with Crippen molar-refractivity contribution in [2.24, 2.45) is 0 Å². The van der Waals surface area contributed by atoms with Crippen LogP contribution in [0, 0.1) is 0 Å². The summed E-state index contributed by atoms with van der Waals surface area (Å²) < 4.78 is 0. The Hall–Kier alpha value is -0.770. The van der Waals surface area contributed by atoms with Gasteiger partial charge in [0.1, 0.15) is 5.75 Å². The third-order valence-corrected chi connectivity index (χ3v) is 3.81. The number of aromatic hydroxyl groups is 1. The summed E-state index contributed by atoms with van der Waals surface area (Å²) in [5.74, 6) is 0.315. The number of phenols is 1. The third kappa shape index (κ3) is 3.61. The van der Waals surface area contributed by atoms with Crippen molar-refractivity contribution in [2.75, 3.05) is 19.6 Å². The average Bonchev–Trinajstić information content (AvgIpc) is 2.40. The zero-order valence-electron chi connectivity index (χ0n) is 10.8. The molecule has 1 saturated heterocycles. The molecule has 1 aliphatic heterocycles. The Morgan fingerprint density at radius 1 is 1.50 bits per heavy atom. The molecule has 1 aliphatic rings. The highest BCUT2D eigenvalue weighted by Crippen LogP contribution is 2.21. The zero-order chi connectivity index (χ0) is 13.0. The Bertz CT molecular complexity index is 397. The molecule has 1 fully saturated rings. The summed E-state index contributed by atoms with van der Waals surface area (Å²) in [4.78, 5) is 2.46. The maximum Gasteiger partial charge on any atom is 0.120 e. The van der Waals surface area contributed by atoms with Gasteiger partial charge >= 0.3 is 0 Å². The minimum atomic E-state index is 0.315. The van der Waals surface area contributed by atoms with Gasteiger partial charge in [-0.3, -0.25) is 0 Å². The highest BCUT2D eigenvalue weighted by Gasteiger charge is 2.18. The molecule has 0 bridgehead atoms. The Balaban J connectivity index is 1.89. The Morgan fingerprint density at radius 3 is 3.11 bits per heavy atom. The Labute approximate surface area is 114 Å². The van der Waals surface area contributed by atoms with Gasteiger partial charge in [0.05, 0.1) is 0 Å². The molecule has 1 aromatic rings. The lowest BCUT2D eigenvalue weighted by Gasteiger charge is -2.32. The van der Waals surface area contributed by atoms with Crippen molar-refractivity contribution in [3.05, 3.63) is 28.8 Å². The van der Waals surface area contributed by atoms with E-state index in [9.17, 15) is 5.11 Å². The molecule has 2 N–H and O–H groups in total. The van der Waals surface area contributed by atoms with Gasteiger partial charge in [0.25, 0.3) is 0 Å². The van der Waals surface area contributed by atoms with Crippen LogP contribution in [0.25, 0.3) is 0 Å². The van der Waals surface area contributed by atoms with Crippen molar-refractivity contribution in [1.29, 1.82) is 0 Å². The molecule has 0 saturated carbocycles. The van der Waals surface area contributed by atoms with E-state index in [1.54, 1.807) is 12.1 Å². The lowest BCUT2D eigenvalue weighted by Crippen LogP contribution is -2.45. The van der Waals surface area contributed by atoms with Crippen LogP contribution in [0.1, 0.15) is 25.3 Å². The van der Waals surface area contributed by atoms with E-state index in [-0.39, 0.29) is 0 Å². The molecule has 2 rings (SSSR count). The molecule has 100 valence electrons. The SMILES string of the molecule is CCN1CCCC(NCc2cc(Cl)ccc2O)C1. The van der Waals surface area contributed by atoms with E-state index in [1.165, 1.54) is 19.4 Å². The fourth-order valence-electron chi connectivity index (χ4n) is 2.46. The van der Waals surface area contributed by atoms with Crippen molar-refractivity contribution in [1.82, 2.24) is 10.2 Å². The van der Waals surface area contributed by atoms with E-state index in [0.717, 1.165) is 18.7 Å². The van der Waals surface area contributed by atoms with Gasteiger partial charge in [-0.1, -0.05) is 18.5 Å². The van der Waals surface area contributed by atoms with Gasteiger partial charge in [-0.25, -0.2) is 0 Å². The minimum absolute atomic E-state index is 0.315. The summed E-state index contributed by atoms with van der Waals surface area (Å²) in [6, 6.07) is 5.69. The molecule has 4 heteroatoms. The van der Waals surface area contributed by atoms with Crippen molar-refractivity contribution in [3.8, 4) is 5.75 Å². The number of nitrogens with one attached hydrogen (secondary N) is 1. The smallest absolute Gasteiger partial charge is 0.120 e. The molecular formula is C14H21ClN2O. The summed E-state index contributed by atoms with van der Waals surface area (Å²) in [7, 11) is 0. The van der Waals surface area contributed by atoms with Crippen molar-refractivity contribution < 1.29 is 5.11 Å². The van der Waals surface area contributed by atoms with Crippen molar-refractivity contribution in [2.45, 2.75) is 32.4 Å². The van der Waals surface area contributed by atoms with Crippen LogP contribution < -0.4 is 5.32 Å². The second kappa shape index (κ2) is 6.41. The van der Waals surface area contributed by atoms with Crippen molar-refractivity contribution in [3.63, 3.8) is 0 Å². The number of likely N-dealkylation sites (tertiary alicyclic amines) is 1. The first-order chi connectivity index (χ1) is 8.69. The number of nitrogens with zero attached hydrogens (tertiary/aromatic N) is 1. The lowest BCUT2D eigenvalue weighted by molar-refractivity contribution is 0.198. The second-order valence-corrected chi connectivity index (χ2v) is 5.32. The average molecular weight is 269 g/mol. The predicted molar refractivity (Wildman–Crippen MR) is 75.1 cm³/mol. The Morgan fingerprint density at radius 2 is 2.33 bits per heavy atom. The van der Waals surface area contributed by atoms with E-state index in [0.29, 0.717) is 23.4 Å². The topological polar surface area (TPSA) is 35.5 Å². The number of piperidine rings is 1. The van der Waals surface area contributed by atoms with E-state index in [2.05, 4.69) is 17.1 Å². The first-order valence-electron chi connectivity index (χ1n) is 6.62. The fraction of sp³-hybridized carbons (Fsp3) is 0.571. The summed E-state index contributed by atoms with van der Waals surface area (Å²) in [6.45, 7) is 6.29. The second-order valence-electron chi connectivity index (χ2n) is 4.89. The summed E-state index contributed by atoms with van der Waals surface area (Å²) in [6.07, 6.45) is 2.45. The molecule has 1 heterocycles. The lowest BCUT2D eigenvalue weighted by atomic mass is 10.1. The van der Waals surface area contributed by atoms with Crippen LogP contribution in [-0.2, 0) is 6.54 Å². The third-order valence-electron chi connectivity index (χ3n) is 3.58. The molecule has 3 nitrogen and oxygen atoms in total. The van der Waals surface area contributed by atoms with Gasteiger partial charge in [0.2, 0.25) is 0 Å². The number of benzene rings is 1. The summed E-state index contributed by atoms with van der Waals surface area (Å²) in [5.41, 5.74) is 0.871. The maximum absolute atomic E-state index is 9.75. The maximum atomic E-state index is 9.75. The van der Waals surface area contributed by atoms with Gasteiger partial charge in [-0.2, -0.15) is 0 Å². The van der Waals surface area contributed by atoms with Crippen LogP contribution in [0.4, 0.5) is 0 Å². The normalized spacial score (nSPS) is 21.1. The molecule has 0 spiro atoms. The largest absolute Gasteiger partial charge is 0.508 e. The monoisotopic (exact) mass is 268 g/mol. The minimum Gasteiger partial charge on any atom is -0.508 e. The van der Waals surface area contributed by atoms with E-state index >= 15 is 0 Å². The number of hydrogen-bond donors (Lipinski definition) is 2. The Kier molecular flexibility index (Phi) is 4.87. The molecule has 0 aliphatic carbocycles. The molecule has 0 radical (unpaired) electrons. The zero-order valence-corrected chi connectivity index (χ0v) is 11.6. The number of phenolic OH excluding ortho intramolecular Hbond substituents is 1. The van der Waals surface area contributed by atoms with E-state index < -0.39 is 0 Å². The molecule has 1 aromatic carbocycles. The van der Waals surface area contributed by atoms with Crippen LogP contribution in [0.3, 0.4) is 0 Å². The fourth-order valence-corrected chi connectivity index (χ4v) is 2.65. The van der Waals surface area contributed by atoms with Gasteiger partial charge in [-0.05, 0) is 44.1 Å².